The van der Waals surface area contributed by atoms with E-state index in [1.54, 1.807) is 52.7 Å². The first-order valence-corrected chi connectivity index (χ1v) is 11.3. The summed E-state index contributed by atoms with van der Waals surface area (Å²) in [6.07, 6.45) is 3.24. The van der Waals surface area contributed by atoms with Gasteiger partial charge in [-0.3, -0.25) is 9.78 Å². The Labute approximate surface area is 197 Å². The predicted molar refractivity (Wildman–Crippen MR) is 127 cm³/mol. The van der Waals surface area contributed by atoms with Gasteiger partial charge >= 0.3 is 0 Å². The van der Waals surface area contributed by atoms with Crippen molar-refractivity contribution in [2.75, 3.05) is 10.6 Å². The summed E-state index contributed by atoms with van der Waals surface area (Å²) in [6.45, 7) is 1.84. The molecule has 3 aromatic heterocycles. The predicted octanol–water partition coefficient (Wildman–Crippen LogP) is 5.64. The molecule has 1 amide bonds. The molecule has 0 saturated carbocycles. The fourth-order valence-corrected chi connectivity index (χ4v) is 4.54. The van der Waals surface area contributed by atoms with Gasteiger partial charge in [-0.2, -0.15) is 4.98 Å². The third kappa shape index (κ3) is 3.77. The van der Waals surface area contributed by atoms with E-state index in [-0.39, 0.29) is 5.91 Å². The van der Waals surface area contributed by atoms with Crippen molar-refractivity contribution >= 4 is 52.1 Å². The summed E-state index contributed by atoms with van der Waals surface area (Å²) < 4.78 is 1.71. The van der Waals surface area contributed by atoms with Crippen molar-refractivity contribution in [2.45, 2.75) is 13.0 Å². The van der Waals surface area contributed by atoms with Crippen LogP contribution in [0, 0.1) is 0 Å². The molecule has 4 heterocycles. The number of hydrogen-bond acceptors (Lipinski definition) is 6. The van der Waals surface area contributed by atoms with Crippen molar-refractivity contribution in [2.24, 2.45) is 0 Å². The fraction of sp³-hybridized carbons (Fsp3) is 0.0909. The molecule has 1 atom stereocenters. The van der Waals surface area contributed by atoms with Crippen LogP contribution in [-0.2, 0) is 4.79 Å². The Bertz CT molecular complexity index is 1330. The van der Waals surface area contributed by atoms with Gasteiger partial charge in [0.1, 0.15) is 6.04 Å². The molecule has 0 fully saturated rings. The number of hydrogen-bond donors (Lipinski definition) is 2. The number of halogens is 2. The van der Waals surface area contributed by atoms with Crippen molar-refractivity contribution < 1.29 is 4.79 Å². The number of allylic oxidation sites excluding steroid dienone is 1. The summed E-state index contributed by atoms with van der Waals surface area (Å²) in [4.78, 5) is 23.1. The minimum absolute atomic E-state index is 0.280. The molecule has 2 N–H and O–H groups in total. The van der Waals surface area contributed by atoms with Gasteiger partial charge in [-0.25, -0.2) is 4.68 Å². The summed E-state index contributed by atoms with van der Waals surface area (Å²) in [7, 11) is 0. The minimum Gasteiger partial charge on any atom is -0.328 e. The molecule has 0 radical (unpaired) electrons. The van der Waals surface area contributed by atoms with Crippen LogP contribution in [0.3, 0.4) is 0 Å². The van der Waals surface area contributed by atoms with Crippen molar-refractivity contribution in [1.82, 2.24) is 19.7 Å². The first-order valence-electron chi connectivity index (χ1n) is 9.66. The number of anilines is 2. The van der Waals surface area contributed by atoms with Crippen molar-refractivity contribution in [3.63, 3.8) is 0 Å². The second-order valence-electron chi connectivity index (χ2n) is 7.12. The largest absolute Gasteiger partial charge is 0.328 e. The van der Waals surface area contributed by atoms with Crippen molar-refractivity contribution in [3.05, 3.63) is 87.1 Å². The zero-order chi connectivity index (χ0) is 22.2. The molecule has 0 spiro atoms. The second-order valence-corrected chi connectivity index (χ2v) is 8.88. The van der Waals surface area contributed by atoms with Crippen LogP contribution < -0.4 is 10.6 Å². The molecule has 32 heavy (non-hydrogen) atoms. The SMILES string of the molecule is CC1=C(C(=O)Nc2cccnc2)[C@H](c2ccc(Cl)c(Cl)c2)n2nc(-c3cccs3)nc2N1. The van der Waals surface area contributed by atoms with Crippen molar-refractivity contribution in [3.8, 4) is 10.7 Å². The second kappa shape index (κ2) is 8.38. The van der Waals surface area contributed by atoms with E-state index in [9.17, 15) is 4.79 Å². The number of nitrogens with one attached hydrogen (secondary N) is 2. The molecule has 1 aliphatic heterocycles. The molecule has 0 saturated heterocycles. The van der Waals surface area contributed by atoms with Gasteiger partial charge in [0.25, 0.3) is 5.91 Å². The summed E-state index contributed by atoms with van der Waals surface area (Å²) in [6, 6.07) is 12.2. The number of carbonyl (C=O) groups is 1. The molecule has 160 valence electrons. The zero-order valence-corrected chi connectivity index (χ0v) is 19.0. The molecule has 10 heteroatoms. The van der Waals surface area contributed by atoms with E-state index in [1.165, 1.54) is 0 Å². The highest BCUT2D eigenvalue weighted by Gasteiger charge is 2.35. The standard InChI is InChI=1S/C22H16Cl2N6OS/c1-12-18(21(31)27-14-4-2-8-25-11-14)19(13-6-7-15(23)16(24)10-13)30-22(26-12)28-20(29-30)17-5-3-9-32-17/h2-11,19H,1H3,(H,27,31)(H,26,28,29)/t19-/m0/s1. The van der Waals surface area contributed by atoms with E-state index >= 15 is 0 Å². The summed E-state index contributed by atoms with van der Waals surface area (Å²) in [5.74, 6) is 0.840. The third-order valence-corrected chi connectivity index (χ3v) is 6.62. The Morgan fingerprint density at radius 2 is 2.06 bits per heavy atom. The highest BCUT2D eigenvalue weighted by atomic mass is 35.5. The Kier molecular flexibility index (Phi) is 5.42. The van der Waals surface area contributed by atoms with Gasteiger partial charge in [-0.05, 0) is 48.2 Å². The van der Waals surface area contributed by atoms with Crippen LogP contribution in [0.4, 0.5) is 11.6 Å². The molecule has 7 nitrogen and oxygen atoms in total. The number of nitrogens with zero attached hydrogens (tertiary/aromatic N) is 4. The van der Waals surface area contributed by atoms with Gasteiger partial charge in [0, 0.05) is 11.9 Å². The molecular weight excluding hydrogens is 467 g/mol. The summed E-state index contributed by atoms with van der Waals surface area (Å²) in [5, 5.41) is 13.7. The van der Waals surface area contributed by atoms with Gasteiger partial charge in [-0.15, -0.1) is 16.4 Å². The maximum absolute atomic E-state index is 13.4. The van der Waals surface area contributed by atoms with E-state index < -0.39 is 6.04 Å². The Morgan fingerprint density at radius 3 is 2.78 bits per heavy atom. The Morgan fingerprint density at radius 1 is 1.19 bits per heavy atom. The molecule has 0 aliphatic carbocycles. The fourth-order valence-electron chi connectivity index (χ4n) is 3.58. The summed E-state index contributed by atoms with van der Waals surface area (Å²) >= 11 is 14.0. The lowest BCUT2D eigenvalue weighted by atomic mass is 9.95. The smallest absolute Gasteiger partial charge is 0.255 e. The normalized spacial score (nSPS) is 15.3. The lowest BCUT2D eigenvalue weighted by Gasteiger charge is -2.28. The third-order valence-electron chi connectivity index (χ3n) is 5.02. The average Bonchev–Trinajstić information content (AvgIpc) is 3.45. The number of fused-ring (bicyclic) bond motifs is 1. The minimum atomic E-state index is -0.557. The van der Waals surface area contributed by atoms with Crippen LogP contribution in [0.2, 0.25) is 10.0 Å². The molecule has 4 aromatic rings. The Hall–Kier alpha value is -3.20. The van der Waals surface area contributed by atoms with Gasteiger partial charge < -0.3 is 10.6 Å². The number of aromatic nitrogens is 4. The van der Waals surface area contributed by atoms with Crippen LogP contribution in [0.1, 0.15) is 18.5 Å². The Balaban J connectivity index is 1.63. The van der Waals surface area contributed by atoms with Crippen LogP contribution in [0.15, 0.2) is 71.5 Å². The van der Waals surface area contributed by atoms with E-state index in [2.05, 4.69) is 20.6 Å². The van der Waals surface area contributed by atoms with Gasteiger partial charge in [0.15, 0.2) is 5.82 Å². The molecule has 1 aromatic carbocycles. The number of benzene rings is 1. The van der Waals surface area contributed by atoms with Crippen molar-refractivity contribution in [1.29, 1.82) is 0 Å². The van der Waals surface area contributed by atoms with E-state index in [0.717, 1.165) is 10.4 Å². The maximum Gasteiger partial charge on any atom is 0.255 e. The van der Waals surface area contributed by atoms with Gasteiger partial charge in [0.2, 0.25) is 5.95 Å². The lowest BCUT2D eigenvalue weighted by molar-refractivity contribution is -0.113. The monoisotopic (exact) mass is 482 g/mol. The summed E-state index contributed by atoms with van der Waals surface area (Å²) in [5.41, 5.74) is 2.51. The zero-order valence-electron chi connectivity index (χ0n) is 16.7. The van der Waals surface area contributed by atoms with E-state index in [4.69, 9.17) is 28.3 Å². The lowest BCUT2D eigenvalue weighted by Crippen LogP contribution is -2.31. The van der Waals surface area contributed by atoms with Crippen LogP contribution in [0.5, 0.6) is 0 Å². The topological polar surface area (TPSA) is 84.7 Å². The van der Waals surface area contributed by atoms with E-state index in [1.807, 2.05) is 30.5 Å². The van der Waals surface area contributed by atoms with Gasteiger partial charge in [0.05, 0.1) is 32.4 Å². The number of pyridine rings is 1. The first kappa shape index (κ1) is 20.7. The molecular formula is C22H16Cl2N6OS. The molecule has 0 bridgehead atoms. The van der Waals surface area contributed by atoms with E-state index in [0.29, 0.717) is 38.8 Å². The molecule has 0 unspecified atom stereocenters. The van der Waals surface area contributed by atoms with Crippen LogP contribution >= 0.6 is 34.5 Å². The number of amides is 1. The molecule has 1 aliphatic rings. The van der Waals surface area contributed by atoms with Crippen LogP contribution in [-0.4, -0.2) is 25.7 Å². The average molecular weight is 483 g/mol. The maximum atomic E-state index is 13.4. The number of thiophene rings is 1. The quantitative estimate of drug-likeness (QED) is 0.393. The highest BCUT2D eigenvalue weighted by Crippen LogP contribution is 2.39. The highest BCUT2D eigenvalue weighted by molar-refractivity contribution is 7.13. The van der Waals surface area contributed by atoms with Gasteiger partial charge in [-0.1, -0.05) is 35.3 Å². The molecule has 5 rings (SSSR count). The first-order chi connectivity index (χ1) is 15.5. The number of carbonyl (C=O) groups excluding carboxylic acids is 1. The van der Waals surface area contributed by atoms with Crippen LogP contribution in [0.25, 0.3) is 10.7 Å². The number of rotatable bonds is 4.